The van der Waals surface area contributed by atoms with Gasteiger partial charge in [0.2, 0.25) is 0 Å². The third-order valence-electron chi connectivity index (χ3n) is 8.91. The summed E-state index contributed by atoms with van der Waals surface area (Å²) in [5, 5.41) is 0. The van der Waals surface area contributed by atoms with E-state index in [2.05, 4.69) is 65.8 Å². The first-order chi connectivity index (χ1) is 18.3. The predicted octanol–water partition coefficient (Wildman–Crippen LogP) is 7.86. The summed E-state index contributed by atoms with van der Waals surface area (Å²) in [4.78, 5) is 0. The van der Waals surface area contributed by atoms with Crippen LogP contribution in [0.25, 0.3) is 0 Å². The van der Waals surface area contributed by atoms with Crippen LogP contribution in [0.3, 0.4) is 0 Å². The zero-order valence-electron chi connectivity index (χ0n) is 24.9. The number of aryl methyl sites for hydroxylation is 6. The minimum atomic E-state index is 0.329. The first-order valence-electron chi connectivity index (χ1n) is 14.8. The van der Waals surface area contributed by atoms with E-state index in [1.165, 1.54) is 57.1 Å². The Kier molecular flexibility index (Phi) is 10.2. The fourth-order valence-corrected chi connectivity index (χ4v) is 7.37. The molecule has 2 aromatic rings. The summed E-state index contributed by atoms with van der Waals surface area (Å²) in [5.74, 6) is 6.81. The highest BCUT2D eigenvalue weighted by molar-refractivity contribution is 5.43. The molecule has 0 spiro atoms. The largest absolute Gasteiger partial charge is 0.491 e. The molecule has 0 aromatic heterocycles. The molecule has 1 heterocycles. The molecule has 38 heavy (non-hydrogen) atoms. The van der Waals surface area contributed by atoms with Crippen LogP contribution >= 0.6 is 0 Å². The van der Waals surface area contributed by atoms with E-state index in [1.807, 2.05) is 0 Å². The van der Waals surface area contributed by atoms with Crippen LogP contribution in [0.2, 0.25) is 0 Å². The van der Waals surface area contributed by atoms with Crippen LogP contribution in [0.1, 0.15) is 71.9 Å². The van der Waals surface area contributed by atoms with E-state index in [1.54, 1.807) is 45.6 Å². The maximum absolute atomic E-state index is 5.72. The number of benzene rings is 2. The summed E-state index contributed by atoms with van der Waals surface area (Å²) in [7, 11) is 1.68. The number of epoxide rings is 1. The zero-order chi connectivity index (χ0) is 27.2. The standard InChI is InChI=1S/C12H16O2.C12H18O2.C10H16/c1-8-4-9(2)12(10(3)5-8)14-7-11-6-13-11;1-9-7-10(2)12(11(3)8-9)14-6-5-13-4;1-2-9-7-4-5-8(6-7)10(9)3-1/h4-5,11H,6-7H2,1-3H3;7-8H,5-6H2,1-4H3;7-10H,1-6H2. The molecule has 3 aliphatic carbocycles. The summed E-state index contributed by atoms with van der Waals surface area (Å²) >= 11 is 0. The first kappa shape index (κ1) is 29.0. The molecule has 0 radical (unpaired) electrons. The second-order valence-corrected chi connectivity index (χ2v) is 12.2. The van der Waals surface area contributed by atoms with Crippen molar-refractivity contribution in [2.24, 2.45) is 23.7 Å². The monoisotopic (exact) mass is 522 g/mol. The van der Waals surface area contributed by atoms with Gasteiger partial charge in [-0.2, -0.15) is 0 Å². The topological polar surface area (TPSA) is 40.2 Å². The van der Waals surface area contributed by atoms with Gasteiger partial charge >= 0.3 is 0 Å². The van der Waals surface area contributed by atoms with Gasteiger partial charge < -0.3 is 18.9 Å². The number of fused-ring (bicyclic) bond motifs is 5. The van der Waals surface area contributed by atoms with E-state index in [-0.39, 0.29) is 0 Å². The maximum Gasteiger partial charge on any atom is 0.125 e. The van der Waals surface area contributed by atoms with Gasteiger partial charge in [0.05, 0.1) is 13.2 Å². The van der Waals surface area contributed by atoms with Crippen LogP contribution in [0, 0.1) is 65.2 Å². The Morgan fingerprint density at radius 3 is 1.61 bits per heavy atom. The Morgan fingerprint density at radius 2 is 1.16 bits per heavy atom. The second kappa shape index (κ2) is 13.3. The van der Waals surface area contributed by atoms with E-state index in [9.17, 15) is 0 Å². The van der Waals surface area contributed by atoms with Crippen LogP contribution in [0.5, 0.6) is 11.5 Å². The molecule has 4 fully saturated rings. The first-order valence-corrected chi connectivity index (χ1v) is 14.8. The molecule has 5 unspecified atom stereocenters. The van der Waals surface area contributed by atoms with E-state index >= 15 is 0 Å². The Labute approximate surface area is 231 Å². The minimum Gasteiger partial charge on any atom is -0.491 e. The van der Waals surface area contributed by atoms with Crippen molar-refractivity contribution in [3.05, 3.63) is 57.6 Å². The smallest absolute Gasteiger partial charge is 0.125 e. The Hall–Kier alpha value is -2.04. The zero-order valence-corrected chi connectivity index (χ0v) is 24.9. The average molecular weight is 523 g/mol. The quantitative estimate of drug-likeness (QED) is 0.274. The summed E-state index contributed by atoms with van der Waals surface area (Å²) in [6, 6.07) is 8.57. The molecule has 1 saturated heterocycles. The van der Waals surface area contributed by atoms with Crippen LogP contribution < -0.4 is 9.47 Å². The Bertz CT molecular complexity index is 994. The highest BCUT2D eigenvalue weighted by atomic mass is 16.6. The van der Waals surface area contributed by atoms with Gasteiger partial charge in [-0.1, -0.05) is 41.8 Å². The minimum absolute atomic E-state index is 0.329. The highest BCUT2D eigenvalue weighted by Crippen LogP contribution is 2.58. The molecular weight excluding hydrogens is 472 g/mol. The third-order valence-corrected chi connectivity index (χ3v) is 8.91. The summed E-state index contributed by atoms with van der Waals surface area (Å²) in [5.41, 5.74) is 7.37. The lowest BCUT2D eigenvalue weighted by molar-refractivity contribution is 0.145. The molecule has 4 heteroatoms. The number of methoxy groups -OCH3 is 1. The van der Waals surface area contributed by atoms with Crippen molar-refractivity contribution >= 4 is 0 Å². The van der Waals surface area contributed by atoms with Gasteiger partial charge in [0.1, 0.15) is 30.8 Å². The fourth-order valence-electron chi connectivity index (χ4n) is 7.37. The van der Waals surface area contributed by atoms with Crippen molar-refractivity contribution in [1.82, 2.24) is 0 Å². The summed E-state index contributed by atoms with van der Waals surface area (Å²) in [6.45, 7) is 15.3. The van der Waals surface area contributed by atoms with E-state index < -0.39 is 0 Å². The van der Waals surface area contributed by atoms with Crippen molar-refractivity contribution in [1.29, 1.82) is 0 Å². The fraction of sp³-hybridized carbons (Fsp3) is 0.647. The van der Waals surface area contributed by atoms with Gasteiger partial charge in [-0.25, -0.2) is 0 Å². The van der Waals surface area contributed by atoms with E-state index in [0.717, 1.165) is 18.1 Å². The Balaban J connectivity index is 0.000000134. The predicted molar refractivity (Wildman–Crippen MR) is 156 cm³/mol. The molecular formula is C34H50O4. The van der Waals surface area contributed by atoms with Crippen LogP contribution in [0.15, 0.2) is 24.3 Å². The number of hydrogen-bond acceptors (Lipinski definition) is 4. The van der Waals surface area contributed by atoms with Crippen molar-refractivity contribution in [2.75, 3.05) is 33.5 Å². The third kappa shape index (κ3) is 7.54. The van der Waals surface area contributed by atoms with Crippen molar-refractivity contribution in [3.63, 3.8) is 0 Å². The lowest BCUT2D eigenvalue weighted by atomic mass is 9.82. The van der Waals surface area contributed by atoms with Crippen molar-refractivity contribution in [3.8, 4) is 11.5 Å². The number of hydrogen-bond donors (Lipinski definition) is 0. The lowest BCUT2D eigenvalue weighted by Crippen LogP contribution is -2.15. The number of ether oxygens (including phenoxy) is 4. The van der Waals surface area contributed by atoms with E-state index in [0.29, 0.717) is 25.9 Å². The van der Waals surface area contributed by atoms with Gasteiger partial charge in [0.15, 0.2) is 0 Å². The molecule has 3 saturated carbocycles. The lowest BCUT2D eigenvalue weighted by Gasteiger charge is -2.23. The van der Waals surface area contributed by atoms with Gasteiger partial charge in [0, 0.05) is 7.11 Å². The van der Waals surface area contributed by atoms with Crippen LogP contribution in [-0.4, -0.2) is 39.6 Å². The molecule has 0 N–H and O–H groups in total. The molecule has 5 atom stereocenters. The maximum atomic E-state index is 5.72. The van der Waals surface area contributed by atoms with Crippen LogP contribution in [-0.2, 0) is 9.47 Å². The van der Waals surface area contributed by atoms with Crippen molar-refractivity contribution < 1.29 is 18.9 Å². The molecule has 0 amide bonds. The second-order valence-electron chi connectivity index (χ2n) is 12.2. The Morgan fingerprint density at radius 1 is 0.684 bits per heavy atom. The van der Waals surface area contributed by atoms with Gasteiger partial charge in [0.25, 0.3) is 0 Å². The van der Waals surface area contributed by atoms with Gasteiger partial charge in [-0.3, -0.25) is 0 Å². The molecule has 2 bridgehead atoms. The molecule has 4 aliphatic rings. The van der Waals surface area contributed by atoms with Gasteiger partial charge in [-0.05, 0) is 120 Å². The average Bonchev–Trinajstić information content (AvgIpc) is 3.23. The number of rotatable bonds is 7. The molecule has 6 rings (SSSR count). The van der Waals surface area contributed by atoms with Crippen LogP contribution in [0.4, 0.5) is 0 Å². The molecule has 2 aromatic carbocycles. The SMILES string of the molecule is C1CC2C3CCC(C3)C2C1.COCCOc1c(C)cc(C)cc1C.Cc1cc(C)c(OCC2CO2)c(C)c1. The van der Waals surface area contributed by atoms with E-state index in [4.69, 9.17) is 18.9 Å². The molecule has 4 nitrogen and oxygen atoms in total. The molecule has 210 valence electrons. The van der Waals surface area contributed by atoms with Crippen molar-refractivity contribution in [2.45, 2.75) is 86.2 Å². The summed E-state index contributed by atoms with van der Waals surface area (Å²) in [6.07, 6.45) is 9.86. The highest BCUT2D eigenvalue weighted by Gasteiger charge is 2.48. The normalized spacial score (nSPS) is 26.1. The summed E-state index contributed by atoms with van der Waals surface area (Å²) < 4.78 is 21.4. The molecule has 1 aliphatic heterocycles. The van der Waals surface area contributed by atoms with Gasteiger partial charge in [-0.15, -0.1) is 0 Å².